The maximum absolute atomic E-state index is 11.1. The zero-order valence-corrected chi connectivity index (χ0v) is 9.38. The van der Waals surface area contributed by atoms with Gasteiger partial charge in [-0.05, 0) is 43.9 Å². The number of hydrogen-bond acceptors (Lipinski definition) is 2. The number of ether oxygens (including phenoxy) is 1. The molecule has 0 aliphatic heterocycles. The lowest BCUT2D eigenvalue weighted by atomic mass is 10.1. The zero-order chi connectivity index (χ0) is 10.8. The van der Waals surface area contributed by atoms with Gasteiger partial charge in [-0.15, -0.1) is 0 Å². The van der Waals surface area contributed by atoms with Crippen molar-refractivity contribution in [3.63, 3.8) is 0 Å². The molecular formula is C12H13ClO2. The minimum absolute atomic E-state index is 0.0191. The first kappa shape index (κ1) is 10.5. The third kappa shape index (κ3) is 2.72. The molecule has 1 saturated carbocycles. The molecule has 0 heterocycles. The van der Waals surface area contributed by atoms with Gasteiger partial charge >= 0.3 is 0 Å². The number of carbonyl (C=O) groups is 1. The van der Waals surface area contributed by atoms with Crippen molar-refractivity contribution in [1.29, 1.82) is 0 Å². The van der Waals surface area contributed by atoms with Gasteiger partial charge in [0, 0.05) is 5.56 Å². The molecule has 3 heteroatoms. The molecule has 0 saturated heterocycles. The molecule has 2 rings (SSSR count). The summed E-state index contributed by atoms with van der Waals surface area (Å²) in [5.41, 5.74) is 0.624. The van der Waals surface area contributed by atoms with Crippen molar-refractivity contribution in [2.24, 2.45) is 5.92 Å². The summed E-state index contributed by atoms with van der Waals surface area (Å²) in [7, 11) is 0. The SMILES string of the molecule is CC(=O)c1ccc(OCC2CC2)c(Cl)c1. The Hall–Kier alpha value is -1.02. The van der Waals surface area contributed by atoms with Gasteiger partial charge in [0.25, 0.3) is 0 Å². The Morgan fingerprint density at radius 3 is 2.80 bits per heavy atom. The number of ketones is 1. The summed E-state index contributed by atoms with van der Waals surface area (Å²) in [6, 6.07) is 5.17. The normalized spacial score (nSPS) is 15.1. The van der Waals surface area contributed by atoms with Gasteiger partial charge in [-0.25, -0.2) is 0 Å². The molecule has 80 valence electrons. The molecule has 1 aromatic rings. The van der Waals surface area contributed by atoms with Crippen molar-refractivity contribution in [3.05, 3.63) is 28.8 Å². The fourth-order valence-electron chi connectivity index (χ4n) is 1.33. The highest BCUT2D eigenvalue weighted by atomic mass is 35.5. The average Bonchev–Trinajstić information content (AvgIpc) is 2.99. The molecule has 0 N–H and O–H groups in total. The summed E-state index contributed by atoms with van der Waals surface area (Å²) in [5, 5.41) is 0.517. The fourth-order valence-corrected chi connectivity index (χ4v) is 1.56. The lowest BCUT2D eigenvalue weighted by Crippen LogP contribution is -2.00. The average molecular weight is 225 g/mol. The van der Waals surface area contributed by atoms with E-state index in [1.165, 1.54) is 19.8 Å². The van der Waals surface area contributed by atoms with Gasteiger partial charge in [-0.3, -0.25) is 4.79 Å². The second-order valence-electron chi connectivity index (χ2n) is 3.96. The molecule has 0 atom stereocenters. The van der Waals surface area contributed by atoms with Crippen LogP contribution in [0, 0.1) is 5.92 Å². The standard InChI is InChI=1S/C12H13ClO2/c1-8(14)10-4-5-12(11(13)6-10)15-7-9-2-3-9/h4-6,9H,2-3,7H2,1H3. The highest BCUT2D eigenvalue weighted by Crippen LogP contribution is 2.32. The van der Waals surface area contributed by atoms with Crippen LogP contribution in [-0.4, -0.2) is 12.4 Å². The van der Waals surface area contributed by atoms with Gasteiger partial charge in [-0.2, -0.15) is 0 Å². The Kier molecular flexibility index (Phi) is 2.96. The predicted octanol–water partition coefficient (Wildman–Crippen LogP) is 3.33. The van der Waals surface area contributed by atoms with Crippen molar-refractivity contribution in [1.82, 2.24) is 0 Å². The number of benzene rings is 1. The van der Waals surface area contributed by atoms with Gasteiger partial charge in [0.05, 0.1) is 11.6 Å². The van der Waals surface area contributed by atoms with Gasteiger partial charge < -0.3 is 4.74 Å². The molecule has 1 aromatic carbocycles. The Bertz CT molecular complexity index is 383. The molecular weight excluding hydrogens is 212 g/mol. The Morgan fingerprint density at radius 1 is 1.53 bits per heavy atom. The van der Waals surface area contributed by atoms with Crippen molar-refractivity contribution >= 4 is 17.4 Å². The van der Waals surface area contributed by atoms with E-state index in [1.54, 1.807) is 18.2 Å². The summed E-state index contributed by atoms with van der Waals surface area (Å²) < 4.78 is 5.55. The number of hydrogen-bond donors (Lipinski definition) is 0. The molecule has 1 fully saturated rings. The van der Waals surface area contributed by atoms with Crippen LogP contribution in [0.1, 0.15) is 30.1 Å². The lowest BCUT2D eigenvalue weighted by Gasteiger charge is -2.07. The molecule has 2 nitrogen and oxygen atoms in total. The third-order valence-electron chi connectivity index (χ3n) is 2.51. The minimum Gasteiger partial charge on any atom is -0.492 e. The molecule has 0 bridgehead atoms. The van der Waals surface area contributed by atoms with Gasteiger partial charge in [0.2, 0.25) is 0 Å². The van der Waals surface area contributed by atoms with Crippen molar-refractivity contribution < 1.29 is 9.53 Å². The molecule has 0 unspecified atom stereocenters. The van der Waals surface area contributed by atoms with E-state index < -0.39 is 0 Å². The van der Waals surface area contributed by atoms with Crippen LogP contribution in [0.3, 0.4) is 0 Å². The van der Waals surface area contributed by atoms with E-state index in [2.05, 4.69) is 0 Å². The summed E-state index contributed by atoms with van der Waals surface area (Å²) in [6.45, 7) is 2.26. The highest BCUT2D eigenvalue weighted by Gasteiger charge is 2.22. The van der Waals surface area contributed by atoms with Crippen LogP contribution in [0.5, 0.6) is 5.75 Å². The first-order chi connectivity index (χ1) is 7.16. The fraction of sp³-hybridized carbons (Fsp3) is 0.417. The predicted molar refractivity (Wildman–Crippen MR) is 59.7 cm³/mol. The van der Waals surface area contributed by atoms with Crippen molar-refractivity contribution in [2.45, 2.75) is 19.8 Å². The first-order valence-electron chi connectivity index (χ1n) is 5.10. The Balaban J connectivity index is 2.07. The molecule has 0 spiro atoms. The lowest BCUT2D eigenvalue weighted by molar-refractivity contribution is 0.101. The number of rotatable bonds is 4. The Labute approximate surface area is 94.2 Å². The maximum Gasteiger partial charge on any atom is 0.159 e. The quantitative estimate of drug-likeness (QED) is 0.734. The molecule has 0 amide bonds. The van der Waals surface area contributed by atoms with E-state index in [0.29, 0.717) is 22.3 Å². The van der Waals surface area contributed by atoms with E-state index >= 15 is 0 Å². The number of Topliss-reactive ketones (excluding diaryl/α,β-unsaturated/α-hetero) is 1. The van der Waals surface area contributed by atoms with Crippen LogP contribution in [0.15, 0.2) is 18.2 Å². The molecule has 1 aliphatic carbocycles. The second-order valence-corrected chi connectivity index (χ2v) is 4.36. The topological polar surface area (TPSA) is 26.3 Å². The van der Waals surface area contributed by atoms with Crippen molar-refractivity contribution in [2.75, 3.05) is 6.61 Å². The highest BCUT2D eigenvalue weighted by molar-refractivity contribution is 6.32. The van der Waals surface area contributed by atoms with E-state index in [0.717, 1.165) is 6.61 Å². The van der Waals surface area contributed by atoms with Crippen LogP contribution in [0.4, 0.5) is 0 Å². The number of carbonyl (C=O) groups excluding carboxylic acids is 1. The van der Waals surface area contributed by atoms with Crippen molar-refractivity contribution in [3.8, 4) is 5.75 Å². The molecule has 0 aromatic heterocycles. The second kappa shape index (κ2) is 4.23. The van der Waals surface area contributed by atoms with E-state index in [-0.39, 0.29) is 5.78 Å². The summed E-state index contributed by atoms with van der Waals surface area (Å²) >= 11 is 6.00. The van der Waals surface area contributed by atoms with E-state index in [9.17, 15) is 4.79 Å². The largest absolute Gasteiger partial charge is 0.492 e. The van der Waals surface area contributed by atoms with Crippen LogP contribution in [0.25, 0.3) is 0 Å². The van der Waals surface area contributed by atoms with Crippen LogP contribution in [-0.2, 0) is 0 Å². The van der Waals surface area contributed by atoms with E-state index in [1.807, 2.05) is 0 Å². The minimum atomic E-state index is 0.0191. The first-order valence-corrected chi connectivity index (χ1v) is 5.48. The summed E-state index contributed by atoms with van der Waals surface area (Å²) in [5.74, 6) is 1.40. The van der Waals surface area contributed by atoms with Gasteiger partial charge in [0.15, 0.2) is 5.78 Å². The summed E-state index contributed by atoms with van der Waals surface area (Å²) in [4.78, 5) is 11.1. The monoisotopic (exact) mass is 224 g/mol. The van der Waals surface area contributed by atoms with Gasteiger partial charge in [0.1, 0.15) is 5.75 Å². The molecule has 1 aliphatic rings. The number of halogens is 1. The molecule has 0 radical (unpaired) electrons. The van der Waals surface area contributed by atoms with Crippen LogP contribution >= 0.6 is 11.6 Å². The van der Waals surface area contributed by atoms with Crippen LogP contribution < -0.4 is 4.74 Å². The smallest absolute Gasteiger partial charge is 0.159 e. The maximum atomic E-state index is 11.1. The van der Waals surface area contributed by atoms with Crippen LogP contribution in [0.2, 0.25) is 5.02 Å². The Morgan fingerprint density at radius 2 is 2.27 bits per heavy atom. The zero-order valence-electron chi connectivity index (χ0n) is 8.63. The van der Waals surface area contributed by atoms with E-state index in [4.69, 9.17) is 16.3 Å². The third-order valence-corrected chi connectivity index (χ3v) is 2.81. The molecule has 15 heavy (non-hydrogen) atoms. The van der Waals surface area contributed by atoms with Gasteiger partial charge in [-0.1, -0.05) is 11.6 Å². The summed E-state index contributed by atoms with van der Waals surface area (Å²) in [6.07, 6.45) is 2.51.